The molecule has 1 unspecified atom stereocenters. The van der Waals surface area contributed by atoms with Crippen molar-refractivity contribution in [2.24, 2.45) is 11.8 Å². The van der Waals surface area contributed by atoms with Gasteiger partial charge in [0, 0.05) is 0 Å². The molecule has 0 spiro atoms. The molecule has 0 saturated carbocycles. The van der Waals surface area contributed by atoms with Gasteiger partial charge in [0.15, 0.2) is 0 Å². The van der Waals surface area contributed by atoms with Gasteiger partial charge < -0.3 is 4.74 Å². The normalized spacial score (nSPS) is 12.3. The summed E-state index contributed by atoms with van der Waals surface area (Å²) in [7, 11) is 1.63. The average molecular weight is 236 g/mol. The molecule has 0 radical (unpaired) electrons. The van der Waals surface area contributed by atoms with Crippen molar-refractivity contribution in [2.75, 3.05) is 7.11 Å². The fourth-order valence-electron chi connectivity index (χ4n) is 1.63. The van der Waals surface area contributed by atoms with E-state index in [1.54, 1.807) is 7.11 Å². The van der Waals surface area contributed by atoms with Gasteiger partial charge in [-0.15, -0.1) is 0 Å². The van der Waals surface area contributed by atoms with Gasteiger partial charge >= 0.3 is 0 Å². The Bertz CT molecular complexity index is 273. The summed E-state index contributed by atoms with van der Waals surface area (Å²) in [6.07, 6.45) is 4.39. The van der Waals surface area contributed by atoms with Crippen LogP contribution < -0.4 is 0 Å². The Kier molecular flexibility index (Phi) is 7.69. The largest absolute Gasteiger partial charge is 0.497 e. The molecule has 0 amide bonds. The van der Waals surface area contributed by atoms with Crippen molar-refractivity contribution in [1.29, 1.82) is 0 Å². The highest BCUT2D eigenvalue weighted by molar-refractivity contribution is 5.20. The first-order valence-corrected chi connectivity index (χ1v) is 6.47. The highest BCUT2D eigenvalue weighted by Crippen LogP contribution is 2.24. The standard InChI is InChI=1S/C16H28O/c1-12(2)8-9-13(3)14(4)10-11-15(5)16(6)17-7/h12-13H,4-6,8-11H2,1-3,7H3. The van der Waals surface area contributed by atoms with Gasteiger partial charge in [0.25, 0.3) is 0 Å². The van der Waals surface area contributed by atoms with E-state index in [0.717, 1.165) is 24.3 Å². The SMILES string of the molecule is C=C(CCC(=C)C(C)CCC(C)C)C(=C)OC. The van der Waals surface area contributed by atoms with Crippen LogP contribution in [0.1, 0.15) is 46.5 Å². The van der Waals surface area contributed by atoms with Gasteiger partial charge in [-0.1, -0.05) is 52.5 Å². The second-order valence-electron chi connectivity index (χ2n) is 5.26. The Balaban J connectivity index is 3.93. The van der Waals surface area contributed by atoms with Crippen molar-refractivity contribution >= 4 is 0 Å². The summed E-state index contributed by atoms with van der Waals surface area (Å²) < 4.78 is 5.06. The van der Waals surface area contributed by atoms with E-state index in [2.05, 4.69) is 40.5 Å². The van der Waals surface area contributed by atoms with Gasteiger partial charge in [-0.2, -0.15) is 0 Å². The third-order valence-electron chi connectivity index (χ3n) is 3.26. The van der Waals surface area contributed by atoms with Crippen LogP contribution in [0, 0.1) is 11.8 Å². The van der Waals surface area contributed by atoms with E-state index < -0.39 is 0 Å². The van der Waals surface area contributed by atoms with Crippen molar-refractivity contribution in [3.63, 3.8) is 0 Å². The molecule has 0 heterocycles. The molecule has 1 heteroatoms. The maximum atomic E-state index is 5.06. The summed E-state index contributed by atoms with van der Waals surface area (Å²) in [6.45, 7) is 18.7. The molecule has 17 heavy (non-hydrogen) atoms. The lowest BCUT2D eigenvalue weighted by Gasteiger charge is -2.16. The second kappa shape index (κ2) is 8.16. The Morgan fingerprint density at radius 1 is 1.00 bits per heavy atom. The molecule has 0 aliphatic carbocycles. The van der Waals surface area contributed by atoms with Gasteiger partial charge in [-0.05, 0) is 36.7 Å². The number of hydrogen-bond donors (Lipinski definition) is 0. The zero-order valence-electron chi connectivity index (χ0n) is 12.0. The lowest BCUT2D eigenvalue weighted by atomic mass is 9.90. The summed E-state index contributed by atoms with van der Waals surface area (Å²) in [5.41, 5.74) is 2.29. The first kappa shape index (κ1) is 16.0. The van der Waals surface area contributed by atoms with Gasteiger partial charge in [0.05, 0.1) is 7.11 Å². The minimum Gasteiger partial charge on any atom is -0.497 e. The van der Waals surface area contributed by atoms with Crippen LogP contribution in [0.25, 0.3) is 0 Å². The van der Waals surface area contributed by atoms with Crippen LogP contribution in [-0.4, -0.2) is 7.11 Å². The number of hydrogen-bond acceptors (Lipinski definition) is 1. The molecule has 0 saturated heterocycles. The minimum absolute atomic E-state index is 0.598. The number of ether oxygens (including phenoxy) is 1. The lowest BCUT2D eigenvalue weighted by Crippen LogP contribution is -2.02. The van der Waals surface area contributed by atoms with Gasteiger partial charge in [-0.3, -0.25) is 0 Å². The number of methoxy groups -OCH3 is 1. The van der Waals surface area contributed by atoms with E-state index >= 15 is 0 Å². The summed E-state index contributed by atoms with van der Waals surface area (Å²) in [5.74, 6) is 2.06. The predicted molar refractivity (Wildman–Crippen MR) is 76.9 cm³/mol. The van der Waals surface area contributed by atoms with E-state index in [0.29, 0.717) is 11.7 Å². The second-order valence-corrected chi connectivity index (χ2v) is 5.26. The van der Waals surface area contributed by atoms with Crippen molar-refractivity contribution in [2.45, 2.75) is 46.5 Å². The fourth-order valence-corrected chi connectivity index (χ4v) is 1.63. The molecule has 0 aliphatic heterocycles. The van der Waals surface area contributed by atoms with Crippen LogP contribution in [0.3, 0.4) is 0 Å². The topological polar surface area (TPSA) is 9.23 Å². The molecule has 0 aromatic rings. The average Bonchev–Trinajstić information content (AvgIpc) is 2.31. The summed E-state index contributed by atoms with van der Waals surface area (Å²) >= 11 is 0. The molecular formula is C16H28O. The molecule has 0 rings (SSSR count). The van der Waals surface area contributed by atoms with Crippen LogP contribution in [-0.2, 0) is 4.74 Å². The van der Waals surface area contributed by atoms with Crippen molar-refractivity contribution in [3.05, 3.63) is 36.6 Å². The Labute approximate surface area is 107 Å². The van der Waals surface area contributed by atoms with Crippen LogP contribution in [0.5, 0.6) is 0 Å². The van der Waals surface area contributed by atoms with Crippen LogP contribution in [0.15, 0.2) is 36.6 Å². The summed E-state index contributed by atoms with van der Waals surface area (Å²) in [5, 5.41) is 0. The molecule has 98 valence electrons. The van der Waals surface area contributed by atoms with E-state index in [1.165, 1.54) is 18.4 Å². The molecule has 1 nitrogen and oxygen atoms in total. The Morgan fingerprint density at radius 2 is 1.59 bits per heavy atom. The van der Waals surface area contributed by atoms with Gasteiger partial charge in [0.2, 0.25) is 0 Å². The maximum absolute atomic E-state index is 5.06. The molecule has 0 fully saturated rings. The smallest absolute Gasteiger partial charge is 0.114 e. The van der Waals surface area contributed by atoms with E-state index in [-0.39, 0.29) is 0 Å². The molecule has 1 atom stereocenters. The number of allylic oxidation sites excluding steroid dienone is 2. The van der Waals surface area contributed by atoms with Gasteiger partial charge in [0.1, 0.15) is 5.76 Å². The minimum atomic E-state index is 0.598. The highest BCUT2D eigenvalue weighted by atomic mass is 16.5. The van der Waals surface area contributed by atoms with Gasteiger partial charge in [-0.25, -0.2) is 0 Å². The van der Waals surface area contributed by atoms with E-state index in [1.807, 2.05) is 0 Å². The first-order valence-electron chi connectivity index (χ1n) is 6.47. The molecule has 0 aromatic heterocycles. The summed E-state index contributed by atoms with van der Waals surface area (Å²) in [6, 6.07) is 0. The quantitative estimate of drug-likeness (QED) is 0.307. The third-order valence-corrected chi connectivity index (χ3v) is 3.26. The summed E-state index contributed by atoms with van der Waals surface area (Å²) in [4.78, 5) is 0. The van der Waals surface area contributed by atoms with Crippen LogP contribution >= 0.6 is 0 Å². The highest BCUT2D eigenvalue weighted by Gasteiger charge is 2.09. The first-order chi connectivity index (χ1) is 7.88. The lowest BCUT2D eigenvalue weighted by molar-refractivity contribution is 0.300. The zero-order valence-corrected chi connectivity index (χ0v) is 12.0. The predicted octanol–water partition coefficient (Wildman–Crippen LogP) is 5.11. The van der Waals surface area contributed by atoms with Crippen molar-refractivity contribution in [1.82, 2.24) is 0 Å². The maximum Gasteiger partial charge on any atom is 0.114 e. The Morgan fingerprint density at radius 3 is 2.06 bits per heavy atom. The van der Waals surface area contributed by atoms with Crippen LogP contribution in [0.2, 0.25) is 0 Å². The molecule has 0 N–H and O–H groups in total. The van der Waals surface area contributed by atoms with E-state index in [4.69, 9.17) is 4.74 Å². The third kappa shape index (κ3) is 7.04. The molecule has 0 aliphatic rings. The number of rotatable bonds is 9. The molecule has 0 bridgehead atoms. The molecular weight excluding hydrogens is 208 g/mol. The van der Waals surface area contributed by atoms with Crippen molar-refractivity contribution < 1.29 is 4.74 Å². The van der Waals surface area contributed by atoms with E-state index in [9.17, 15) is 0 Å². The Hall–Kier alpha value is -0.980. The molecule has 0 aromatic carbocycles. The van der Waals surface area contributed by atoms with Crippen molar-refractivity contribution in [3.8, 4) is 0 Å². The van der Waals surface area contributed by atoms with Crippen LogP contribution in [0.4, 0.5) is 0 Å². The monoisotopic (exact) mass is 236 g/mol. The zero-order chi connectivity index (χ0) is 13.4. The fraction of sp³-hybridized carbons (Fsp3) is 0.625.